The Labute approximate surface area is 151 Å². The summed E-state index contributed by atoms with van der Waals surface area (Å²) in [6.45, 7) is 2.44. The van der Waals surface area contributed by atoms with Crippen LogP contribution < -0.4 is 0 Å². The van der Waals surface area contributed by atoms with E-state index in [0.717, 1.165) is 19.3 Å². The lowest BCUT2D eigenvalue weighted by Crippen LogP contribution is -1.81. The quantitative estimate of drug-likeness (QED) is 0.203. The average molecular weight is 335 g/mol. The molecule has 0 atom stereocenters. The molecule has 0 aliphatic heterocycles. The minimum Gasteiger partial charge on any atom is -0.392 e. The van der Waals surface area contributed by atoms with Crippen LogP contribution in [0.5, 0.6) is 0 Å². The number of rotatable bonds is 18. The van der Waals surface area contributed by atoms with E-state index in [0.29, 0.717) is 0 Å². The Morgan fingerprint density at radius 1 is 0.458 bits per heavy atom. The smallest absolute Gasteiger partial charge is 0.0612 e. The van der Waals surface area contributed by atoms with Crippen molar-refractivity contribution in [2.45, 2.75) is 103 Å². The summed E-state index contributed by atoms with van der Waals surface area (Å²) < 4.78 is 0. The highest BCUT2D eigenvalue weighted by molar-refractivity contribution is 4.90. The third kappa shape index (κ3) is 21.2. The molecule has 0 saturated carbocycles. The predicted octanol–water partition coefficient (Wildman–Crippen LogP) is 7.52. The van der Waals surface area contributed by atoms with Crippen LogP contribution in [0, 0.1) is 0 Å². The van der Waals surface area contributed by atoms with Crippen molar-refractivity contribution >= 4 is 0 Å². The molecule has 0 amide bonds. The monoisotopic (exact) mass is 334 g/mol. The fraction of sp³-hybridized carbons (Fsp3) is 0.739. The molecule has 0 aliphatic carbocycles. The van der Waals surface area contributed by atoms with Gasteiger partial charge in [-0.15, -0.1) is 0 Å². The third-order valence-electron chi connectivity index (χ3n) is 4.33. The van der Waals surface area contributed by atoms with E-state index < -0.39 is 0 Å². The van der Waals surface area contributed by atoms with Gasteiger partial charge in [0.2, 0.25) is 0 Å². The zero-order valence-corrected chi connectivity index (χ0v) is 16.2. The molecule has 0 fully saturated rings. The van der Waals surface area contributed by atoms with Crippen LogP contribution in [-0.2, 0) is 0 Å². The molecule has 140 valence electrons. The molecular formula is C23H42O. The normalized spacial score (nSPS) is 12.2. The molecule has 1 N–H and O–H groups in total. The van der Waals surface area contributed by atoms with Crippen molar-refractivity contribution < 1.29 is 5.11 Å². The van der Waals surface area contributed by atoms with E-state index in [1.165, 1.54) is 77.0 Å². The maximum Gasteiger partial charge on any atom is 0.0612 e. The molecule has 0 spiro atoms. The van der Waals surface area contributed by atoms with Gasteiger partial charge < -0.3 is 5.11 Å². The molecule has 1 heteroatoms. The Morgan fingerprint density at radius 3 is 1.29 bits per heavy atom. The minimum absolute atomic E-state index is 0.160. The second-order valence-corrected chi connectivity index (χ2v) is 6.72. The number of allylic oxidation sites excluding steroid dienone is 5. The van der Waals surface area contributed by atoms with Gasteiger partial charge in [-0.1, -0.05) is 101 Å². The molecule has 0 rings (SSSR count). The summed E-state index contributed by atoms with van der Waals surface area (Å²) in [5.74, 6) is 0. The van der Waals surface area contributed by atoms with Gasteiger partial charge in [0.05, 0.1) is 6.61 Å². The Kier molecular flexibility index (Phi) is 21.4. The Bertz CT molecular complexity index is 301. The maximum atomic E-state index is 8.61. The molecule has 0 radical (unpaired) electrons. The van der Waals surface area contributed by atoms with E-state index in [1.54, 1.807) is 0 Å². The van der Waals surface area contributed by atoms with Crippen molar-refractivity contribution in [3.63, 3.8) is 0 Å². The summed E-state index contributed by atoms with van der Waals surface area (Å²) in [4.78, 5) is 0. The van der Waals surface area contributed by atoms with Crippen molar-refractivity contribution in [1.29, 1.82) is 0 Å². The van der Waals surface area contributed by atoms with E-state index >= 15 is 0 Å². The number of unbranched alkanes of at least 4 members (excludes halogenated alkanes) is 12. The maximum absolute atomic E-state index is 8.61. The topological polar surface area (TPSA) is 20.2 Å². The summed E-state index contributed by atoms with van der Waals surface area (Å²) in [6, 6.07) is 0. The number of aliphatic hydroxyl groups is 1. The second-order valence-electron chi connectivity index (χ2n) is 6.72. The zero-order chi connectivity index (χ0) is 17.6. The predicted molar refractivity (Wildman–Crippen MR) is 109 cm³/mol. The lowest BCUT2D eigenvalue weighted by molar-refractivity contribution is 0.342. The van der Waals surface area contributed by atoms with Gasteiger partial charge >= 0.3 is 0 Å². The molecule has 0 heterocycles. The van der Waals surface area contributed by atoms with Gasteiger partial charge in [0, 0.05) is 0 Å². The molecule has 1 nitrogen and oxygen atoms in total. The van der Waals surface area contributed by atoms with Crippen molar-refractivity contribution in [2.24, 2.45) is 0 Å². The first-order valence-electron chi connectivity index (χ1n) is 10.5. The van der Waals surface area contributed by atoms with Gasteiger partial charge in [0.25, 0.3) is 0 Å². The van der Waals surface area contributed by atoms with Crippen LogP contribution in [0.15, 0.2) is 36.5 Å². The summed E-state index contributed by atoms with van der Waals surface area (Å²) >= 11 is 0. The molecular weight excluding hydrogens is 292 g/mol. The van der Waals surface area contributed by atoms with E-state index in [1.807, 2.05) is 12.2 Å². The Balaban J connectivity index is 3.16. The van der Waals surface area contributed by atoms with Crippen LogP contribution in [0.1, 0.15) is 103 Å². The highest BCUT2D eigenvalue weighted by atomic mass is 16.2. The summed E-state index contributed by atoms with van der Waals surface area (Å²) in [5, 5.41) is 8.61. The summed E-state index contributed by atoms with van der Waals surface area (Å²) in [6.07, 6.45) is 33.0. The van der Waals surface area contributed by atoms with Crippen molar-refractivity contribution in [3.05, 3.63) is 36.5 Å². The first kappa shape index (κ1) is 23.2. The molecule has 0 bridgehead atoms. The van der Waals surface area contributed by atoms with Crippen molar-refractivity contribution in [3.8, 4) is 0 Å². The Morgan fingerprint density at radius 2 is 0.833 bits per heavy atom. The number of hydrogen-bond acceptors (Lipinski definition) is 1. The van der Waals surface area contributed by atoms with Crippen LogP contribution >= 0.6 is 0 Å². The SMILES string of the molecule is CCCCCCCCCCCC/C=C/CC/C=C/CC/C=C/CO. The molecule has 0 aliphatic rings. The van der Waals surface area contributed by atoms with E-state index in [-0.39, 0.29) is 6.61 Å². The Hall–Kier alpha value is -0.820. The molecule has 0 aromatic carbocycles. The third-order valence-corrected chi connectivity index (χ3v) is 4.33. The second kappa shape index (κ2) is 22.2. The van der Waals surface area contributed by atoms with Crippen LogP contribution in [0.3, 0.4) is 0 Å². The fourth-order valence-electron chi connectivity index (χ4n) is 2.80. The minimum atomic E-state index is 0.160. The van der Waals surface area contributed by atoms with Gasteiger partial charge in [-0.05, 0) is 38.5 Å². The molecule has 0 unspecified atom stereocenters. The number of aliphatic hydroxyl groups excluding tert-OH is 1. The van der Waals surface area contributed by atoms with Crippen molar-refractivity contribution in [1.82, 2.24) is 0 Å². The van der Waals surface area contributed by atoms with Gasteiger partial charge in [-0.25, -0.2) is 0 Å². The molecule has 24 heavy (non-hydrogen) atoms. The highest BCUT2D eigenvalue weighted by Crippen LogP contribution is 2.11. The largest absolute Gasteiger partial charge is 0.392 e. The lowest BCUT2D eigenvalue weighted by atomic mass is 10.1. The first-order chi connectivity index (χ1) is 11.9. The lowest BCUT2D eigenvalue weighted by Gasteiger charge is -2.01. The van der Waals surface area contributed by atoms with Gasteiger partial charge in [0.1, 0.15) is 0 Å². The number of hydrogen-bond donors (Lipinski definition) is 1. The van der Waals surface area contributed by atoms with Gasteiger partial charge in [0.15, 0.2) is 0 Å². The van der Waals surface area contributed by atoms with Gasteiger partial charge in [-0.3, -0.25) is 0 Å². The average Bonchev–Trinajstić information content (AvgIpc) is 2.60. The highest BCUT2D eigenvalue weighted by Gasteiger charge is 1.91. The van der Waals surface area contributed by atoms with Crippen LogP contribution in [-0.4, -0.2) is 11.7 Å². The molecule has 0 saturated heterocycles. The van der Waals surface area contributed by atoms with Crippen LogP contribution in [0.25, 0.3) is 0 Å². The standard InChI is InChI=1S/C23H42O/c1-2-3-4-5-6-7-8-9-10-11-12-13-14-15-16-17-18-19-20-21-22-23-24/h13-14,17-18,21-22,24H,2-12,15-16,19-20,23H2,1H3/b14-13+,18-17+,22-21+. The zero-order valence-electron chi connectivity index (χ0n) is 16.2. The van der Waals surface area contributed by atoms with Gasteiger partial charge in [-0.2, -0.15) is 0 Å². The molecule has 0 aromatic heterocycles. The summed E-state index contributed by atoms with van der Waals surface area (Å²) in [5.41, 5.74) is 0. The fourth-order valence-corrected chi connectivity index (χ4v) is 2.80. The van der Waals surface area contributed by atoms with E-state index in [4.69, 9.17) is 5.11 Å². The summed E-state index contributed by atoms with van der Waals surface area (Å²) in [7, 11) is 0. The van der Waals surface area contributed by atoms with E-state index in [9.17, 15) is 0 Å². The van der Waals surface area contributed by atoms with Crippen LogP contribution in [0.4, 0.5) is 0 Å². The van der Waals surface area contributed by atoms with Crippen molar-refractivity contribution in [2.75, 3.05) is 6.61 Å². The van der Waals surface area contributed by atoms with Crippen LogP contribution in [0.2, 0.25) is 0 Å². The molecule has 0 aromatic rings. The first-order valence-corrected chi connectivity index (χ1v) is 10.5. The van der Waals surface area contributed by atoms with E-state index in [2.05, 4.69) is 31.2 Å².